The van der Waals surface area contributed by atoms with Crippen LogP contribution in [0.1, 0.15) is 32.1 Å². The second-order valence-corrected chi connectivity index (χ2v) is 6.73. The SMILES string of the molecule is C[NH+](CC(=O)NC(=O)NC1CCCCC1)CC(=O)Nc1cccc(F)c1. The molecular formula is C18H26FN4O3+. The van der Waals surface area contributed by atoms with Crippen LogP contribution in [0.5, 0.6) is 0 Å². The molecule has 4 amide bonds. The zero-order valence-corrected chi connectivity index (χ0v) is 14.9. The van der Waals surface area contributed by atoms with Crippen molar-refractivity contribution in [1.82, 2.24) is 10.6 Å². The van der Waals surface area contributed by atoms with Crippen LogP contribution in [0.2, 0.25) is 0 Å². The van der Waals surface area contributed by atoms with Crippen LogP contribution in [-0.2, 0) is 9.59 Å². The molecule has 2 rings (SSSR count). The maximum absolute atomic E-state index is 13.1. The molecule has 4 N–H and O–H groups in total. The number of anilines is 1. The van der Waals surface area contributed by atoms with Gasteiger partial charge in [0.15, 0.2) is 13.1 Å². The smallest absolute Gasteiger partial charge is 0.321 e. The van der Waals surface area contributed by atoms with Gasteiger partial charge in [-0.1, -0.05) is 25.3 Å². The van der Waals surface area contributed by atoms with E-state index in [1.165, 1.54) is 24.6 Å². The molecule has 1 aromatic carbocycles. The summed E-state index contributed by atoms with van der Waals surface area (Å²) in [6.45, 7) is 0.00281. The molecule has 1 aliphatic carbocycles. The third kappa shape index (κ3) is 7.18. The number of carbonyl (C=O) groups excluding carboxylic acids is 3. The molecule has 26 heavy (non-hydrogen) atoms. The predicted molar refractivity (Wildman–Crippen MR) is 95.2 cm³/mol. The largest absolute Gasteiger partial charge is 0.335 e. The highest BCUT2D eigenvalue weighted by Gasteiger charge is 2.19. The molecule has 1 unspecified atom stereocenters. The van der Waals surface area contributed by atoms with Gasteiger partial charge in [0.05, 0.1) is 7.05 Å². The summed E-state index contributed by atoms with van der Waals surface area (Å²) in [7, 11) is 1.67. The van der Waals surface area contributed by atoms with Gasteiger partial charge in [0.25, 0.3) is 11.8 Å². The Kier molecular flexibility index (Phi) is 7.53. The fourth-order valence-corrected chi connectivity index (χ4v) is 3.02. The Morgan fingerprint density at radius 3 is 2.50 bits per heavy atom. The minimum absolute atomic E-state index is 0.0192. The molecule has 0 heterocycles. The van der Waals surface area contributed by atoms with Crippen molar-refractivity contribution in [3.63, 3.8) is 0 Å². The molecule has 0 saturated heterocycles. The first kappa shape index (κ1) is 19.8. The van der Waals surface area contributed by atoms with Crippen LogP contribution in [0.4, 0.5) is 14.9 Å². The number of rotatable bonds is 6. The van der Waals surface area contributed by atoms with Gasteiger partial charge in [-0.2, -0.15) is 0 Å². The maximum atomic E-state index is 13.1. The van der Waals surface area contributed by atoms with E-state index in [0.29, 0.717) is 10.6 Å². The van der Waals surface area contributed by atoms with E-state index in [2.05, 4.69) is 16.0 Å². The fourth-order valence-electron chi connectivity index (χ4n) is 3.02. The van der Waals surface area contributed by atoms with Crippen LogP contribution in [0, 0.1) is 5.82 Å². The molecule has 0 radical (unpaired) electrons. The number of benzene rings is 1. The lowest BCUT2D eigenvalue weighted by Crippen LogP contribution is -3.11. The molecule has 0 spiro atoms. The number of halogens is 1. The summed E-state index contributed by atoms with van der Waals surface area (Å²) in [5, 5.41) is 7.68. The van der Waals surface area contributed by atoms with Crippen molar-refractivity contribution in [1.29, 1.82) is 0 Å². The molecule has 1 fully saturated rings. The summed E-state index contributed by atoms with van der Waals surface area (Å²) in [5.74, 6) is -1.23. The van der Waals surface area contributed by atoms with Crippen molar-refractivity contribution in [2.45, 2.75) is 38.1 Å². The van der Waals surface area contributed by atoms with E-state index in [1.54, 1.807) is 13.1 Å². The summed E-state index contributed by atoms with van der Waals surface area (Å²) in [5.41, 5.74) is 0.360. The Labute approximate surface area is 152 Å². The maximum Gasteiger partial charge on any atom is 0.321 e. The Balaban J connectivity index is 1.68. The van der Waals surface area contributed by atoms with Crippen molar-refractivity contribution in [2.24, 2.45) is 0 Å². The molecule has 8 heteroatoms. The van der Waals surface area contributed by atoms with E-state index in [4.69, 9.17) is 0 Å². The van der Waals surface area contributed by atoms with Crippen LogP contribution < -0.4 is 20.9 Å². The Morgan fingerprint density at radius 1 is 1.12 bits per heavy atom. The molecule has 7 nitrogen and oxygen atoms in total. The number of urea groups is 1. The quantitative estimate of drug-likeness (QED) is 0.589. The van der Waals surface area contributed by atoms with Crippen LogP contribution in [0.3, 0.4) is 0 Å². The number of likely N-dealkylation sites (N-methyl/N-ethyl adjacent to an activating group) is 1. The first-order valence-corrected chi connectivity index (χ1v) is 8.89. The number of hydrogen-bond donors (Lipinski definition) is 4. The number of imide groups is 1. The van der Waals surface area contributed by atoms with Crippen molar-refractivity contribution < 1.29 is 23.7 Å². The summed E-state index contributed by atoms with van der Waals surface area (Å²) in [6, 6.07) is 5.22. The average Bonchev–Trinajstić information content (AvgIpc) is 2.54. The van der Waals surface area contributed by atoms with Crippen molar-refractivity contribution in [2.75, 3.05) is 25.5 Å². The Morgan fingerprint density at radius 2 is 1.81 bits per heavy atom. The lowest BCUT2D eigenvalue weighted by atomic mass is 9.96. The minimum atomic E-state index is -0.487. The average molecular weight is 365 g/mol. The third-order valence-electron chi connectivity index (χ3n) is 4.23. The zero-order valence-electron chi connectivity index (χ0n) is 14.9. The van der Waals surface area contributed by atoms with Crippen molar-refractivity contribution in [3.8, 4) is 0 Å². The van der Waals surface area contributed by atoms with E-state index in [-0.39, 0.29) is 25.0 Å². The number of quaternary nitrogens is 1. The van der Waals surface area contributed by atoms with Gasteiger partial charge in [-0.15, -0.1) is 0 Å². The molecule has 1 saturated carbocycles. The highest BCUT2D eigenvalue weighted by atomic mass is 19.1. The van der Waals surface area contributed by atoms with E-state index in [1.807, 2.05) is 0 Å². The van der Waals surface area contributed by atoms with Gasteiger partial charge in [-0.3, -0.25) is 14.9 Å². The first-order valence-electron chi connectivity index (χ1n) is 8.89. The number of carbonyl (C=O) groups is 3. The molecule has 0 bridgehead atoms. The van der Waals surface area contributed by atoms with Crippen LogP contribution in [0.25, 0.3) is 0 Å². The van der Waals surface area contributed by atoms with Gasteiger partial charge in [0.2, 0.25) is 0 Å². The topological polar surface area (TPSA) is 91.7 Å². The second-order valence-electron chi connectivity index (χ2n) is 6.73. The van der Waals surface area contributed by atoms with Crippen molar-refractivity contribution >= 4 is 23.5 Å². The molecule has 1 aliphatic rings. The summed E-state index contributed by atoms with van der Waals surface area (Å²) in [6.07, 6.45) is 5.24. The van der Waals surface area contributed by atoms with Crippen LogP contribution in [0.15, 0.2) is 24.3 Å². The molecule has 0 aliphatic heterocycles. The normalized spacial score (nSPS) is 15.8. The number of hydrogen-bond acceptors (Lipinski definition) is 3. The Hall–Kier alpha value is -2.48. The third-order valence-corrected chi connectivity index (χ3v) is 4.23. The van der Waals surface area contributed by atoms with Crippen LogP contribution in [-0.4, -0.2) is 44.0 Å². The van der Waals surface area contributed by atoms with Gasteiger partial charge in [-0.05, 0) is 31.0 Å². The highest BCUT2D eigenvalue weighted by Crippen LogP contribution is 2.17. The van der Waals surface area contributed by atoms with E-state index in [0.717, 1.165) is 25.7 Å². The minimum Gasteiger partial charge on any atom is -0.335 e. The lowest BCUT2D eigenvalue weighted by Gasteiger charge is -2.22. The van der Waals surface area contributed by atoms with E-state index >= 15 is 0 Å². The number of nitrogens with one attached hydrogen (secondary N) is 4. The van der Waals surface area contributed by atoms with Gasteiger partial charge in [0.1, 0.15) is 5.82 Å². The van der Waals surface area contributed by atoms with Gasteiger partial charge < -0.3 is 15.5 Å². The lowest BCUT2D eigenvalue weighted by molar-refractivity contribution is -0.862. The van der Waals surface area contributed by atoms with Gasteiger partial charge in [-0.25, -0.2) is 9.18 Å². The zero-order chi connectivity index (χ0) is 18.9. The first-order chi connectivity index (χ1) is 12.4. The predicted octanol–water partition coefficient (Wildman–Crippen LogP) is 0.437. The van der Waals surface area contributed by atoms with E-state index in [9.17, 15) is 18.8 Å². The monoisotopic (exact) mass is 365 g/mol. The van der Waals surface area contributed by atoms with E-state index < -0.39 is 17.8 Å². The molecule has 1 atom stereocenters. The van der Waals surface area contributed by atoms with Crippen molar-refractivity contribution in [3.05, 3.63) is 30.1 Å². The summed E-state index contributed by atoms with van der Waals surface area (Å²) >= 11 is 0. The van der Waals surface area contributed by atoms with Gasteiger partial charge >= 0.3 is 6.03 Å². The molecule has 142 valence electrons. The Bertz CT molecular complexity index is 647. The summed E-state index contributed by atoms with van der Waals surface area (Å²) < 4.78 is 13.1. The molecule has 1 aromatic rings. The second kappa shape index (κ2) is 9.86. The van der Waals surface area contributed by atoms with Gasteiger partial charge in [0, 0.05) is 11.7 Å². The fraction of sp³-hybridized carbons (Fsp3) is 0.500. The number of amides is 4. The molecular weight excluding hydrogens is 339 g/mol. The van der Waals surface area contributed by atoms with Crippen LogP contribution >= 0.6 is 0 Å². The highest BCUT2D eigenvalue weighted by molar-refractivity contribution is 5.95. The summed E-state index contributed by atoms with van der Waals surface area (Å²) in [4.78, 5) is 36.3. The standard InChI is InChI=1S/C18H25FN4O3/c1-23(11-16(24)20-15-9-5-6-13(19)10-15)12-17(25)22-18(26)21-14-7-3-2-4-8-14/h5-6,9-10,14H,2-4,7-8,11-12H2,1H3,(H,20,24)(H2,21,22,25,26)/p+1. The molecule has 0 aromatic heterocycles.